The number of carbonyl (C=O) groups excluding carboxylic acids is 2. The quantitative estimate of drug-likeness (QED) is 0.779. The van der Waals surface area contributed by atoms with E-state index >= 15 is 0 Å². The standard InChI is InChI=1S/C13H16BrN3O2/c1-15-7-9(14)6-11(15)13(19)16-4-5-17-10(8-16)2-3-12(17)18/h6-7,10H,2-5,8H2,1H3. The predicted molar refractivity (Wildman–Crippen MR) is 73.8 cm³/mol. The maximum atomic E-state index is 12.5. The van der Waals surface area contributed by atoms with E-state index in [1.807, 2.05) is 33.7 Å². The van der Waals surface area contributed by atoms with Crippen LogP contribution in [0.25, 0.3) is 0 Å². The molecule has 19 heavy (non-hydrogen) atoms. The molecule has 1 aromatic heterocycles. The van der Waals surface area contributed by atoms with Crippen molar-refractivity contribution in [2.24, 2.45) is 7.05 Å². The fourth-order valence-electron chi connectivity index (χ4n) is 2.95. The first-order valence-electron chi connectivity index (χ1n) is 6.47. The Morgan fingerprint density at radius 3 is 2.89 bits per heavy atom. The minimum absolute atomic E-state index is 0.0483. The normalized spacial score (nSPS) is 22.8. The highest BCUT2D eigenvalue weighted by atomic mass is 79.9. The smallest absolute Gasteiger partial charge is 0.270 e. The highest BCUT2D eigenvalue weighted by molar-refractivity contribution is 9.10. The summed E-state index contributed by atoms with van der Waals surface area (Å²) < 4.78 is 2.74. The summed E-state index contributed by atoms with van der Waals surface area (Å²) in [7, 11) is 1.87. The molecule has 0 bridgehead atoms. The minimum atomic E-state index is 0.0483. The Labute approximate surface area is 120 Å². The lowest BCUT2D eigenvalue weighted by molar-refractivity contribution is -0.130. The van der Waals surface area contributed by atoms with E-state index in [-0.39, 0.29) is 17.9 Å². The second-order valence-corrected chi connectivity index (χ2v) is 6.10. The summed E-state index contributed by atoms with van der Waals surface area (Å²) in [5, 5.41) is 0. The third-order valence-corrected chi connectivity index (χ3v) is 4.41. The lowest BCUT2D eigenvalue weighted by Gasteiger charge is -2.37. The molecule has 2 saturated heterocycles. The van der Waals surface area contributed by atoms with Crippen LogP contribution in [0.2, 0.25) is 0 Å². The second kappa shape index (κ2) is 4.67. The lowest BCUT2D eigenvalue weighted by Crippen LogP contribution is -2.53. The summed E-state index contributed by atoms with van der Waals surface area (Å²) in [6.07, 6.45) is 3.38. The number of nitrogens with zero attached hydrogens (tertiary/aromatic N) is 3. The zero-order valence-electron chi connectivity index (χ0n) is 10.8. The summed E-state index contributed by atoms with van der Waals surface area (Å²) in [4.78, 5) is 27.9. The zero-order valence-corrected chi connectivity index (χ0v) is 12.4. The van der Waals surface area contributed by atoms with Crippen molar-refractivity contribution in [3.63, 3.8) is 0 Å². The molecule has 2 aliphatic heterocycles. The number of piperazine rings is 1. The fraction of sp³-hybridized carbons (Fsp3) is 0.538. The molecule has 2 amide bonds. The first kappa shape index (κ1) is 12.7. The van der Waals surface area contributed by atoms with Gasteiger partial charge in [0.05, 0.1) is 0 Å². The van der Waals surface area contributed by atoms with Crippen molar-refractivity contribution in [1.29, 1.82) is 0 Å². The van der Waals surface area contributed by atoms with Crippen molar-refractivity contribution < 1.29 is 9.59 Å². The molecule has 1 unspecified atom stereocenters. The minimum Gasteiger partial charge on any atom is -0.345 e. The molecule has 2 fully saturated rings. The molecular formula is C13H16BrN3O2. The van der Waals surface area contributed by atoms with Gasteiger partial charge in [0, 0.05) is 49.8 Å². The average Bonchev–Trinajstić information content (AvgIpc) is 2.92. The Bertz CT molecular complexity index is 540. The Balaban J connectivity index is 1.75. The van der Waals surface area contributed by atoms with E-state index in [0.29, 0.717) is 31.7 Å². The van der Waals surface area contributed by atoms with E-state index in [0.717, 1.165) is 10.9 Å². The first-order valence-corrected chi connectivity index (χ1v) is 7.26. The molecule has 1 atom stereocenters. The molecule has 102 valence electrons. The van der Waals surface area contributed by atoms with E-state index in [2.05, 4.69) is 15.9 Å². The molecule has 1 aromatic rings. The van der Waals surface area contributed by atoms with Crippen LogP contribution in [0.5, 0.6) is 0 Å². The summed E-state index contributed by atoms with van der Waals surface area (Å²) in [5.74, 6) is 0.283. The maximum absolute atomic E-state index is 12.5. The first-order chi connectivity index (χ1) is 9.06. The van der Waals surface area contributed by atoms with Gasteiger partial charge in [-0.25, -0.2) is 0 Å². The van der Waals surface area contributed by atoms with E-state index in [4.69, 9.17) is 0 Å². The van der Waals surface area contributed by atoms with Gasteiger partial charge in [-0.1, -0.05) is 0 Å². The van der Waals surface area contributed by atoms with Crippen molar-refractivity contribution in [1.82, 2.24) is 14.4 Å². The number of fused-ring (bicyclic) bond motifs is 1. The topological polar surface area (TPSA) is 45.6 Å². The Morgan fingerprint density at radius 1 is 1.42 bits per heavy atom. The molecule has 0 saturated carbocycles. The summed E-state index contributed by atoms with van der Waals surface area (Å²) in [5.41, 5.74) is 0.685. The van der Waals surface area contributed by atoms with Crippen LogP contribution < -0.4 is 0 Å². The molecule has 0 N–H and O–H groups in total. The van der Waals surface area contributed by atoms with Gasteiger partial charge in [-0.15, -0.1) is 0 Å². The van der Waals surface area contributed by atoms with Crippen molar-refractivity contribution in [3.8, 4) is 0 Å². The van der Waals surface area contributed by atoms with Gasteiger partial charge >= 0.3 is 0 Å². The number of halogens is 1. The van der Waals surface area contributed by atoms with Crippen molar-refractivity contribution in [2.75, 3.05) is 19.6 Å². The highest BCUT2D eigenvalue weighted by Crippen LogP contribution is 2.24. The van der Waals surface area contributed by atoms with Crippen LogP contribution in [0.15, 0.2) is 16.7 Å². The van der Waals surface area contributed by atoms with Crippen LogP contribution in [-0.4, -0.2) is 51.9 Å². The van der Waals surface area contributed by atoms with Crippen molar-refractivity contribution in [2.45, 2.75) is 18.9 Å². The van der Waals surface area contributed by atoms with Gasteiger partial charge in [-0.2, -0.15) is 0 Å². The molecule has 0 aromatic carbocycles. The number of aryl methyl sites for hydroxylation is 1. The number of carbonyl (C=O) groups is 2. The Kier molecular flexibility index (Phi) is 3.12. The lowest BCUT2D eigenvalue weighted by atomic mass is 10.1. The molecule has 3 rings (SSSR count). The van der Waals surface area contributed by atoms with E-state index in [9.17, 15) is 9.59 Å². The molecule has 0 radical (unpaired) electrons. The SMILES string of the molecule is Cn1cc(Br)cc1C(=O)N1CCN2C(=O)CCC2C1. The van der Waals surface area contributed by atoms with Crippen molar-refractivity contribution in [3.05, 3.63) is 22.4 Å². The fourth-order valence-corrected chi connectivity index (χ4v) is 3.47. The van der Waals surface area contributed by atoms with Gasteiger partial charge in [-0.3, -0.25) is 9.59 Å². The van der Waals surface area contributed by atoms with Crippen LogP contribution in [0.3, 0.4) is 0 Å². The summed E-state index contributed by atoms with van der Waals surface area (Å²) >= 11 is 3.38. The Morgan fingerprint density at radius 2 is 2.21 bits per heavy atom. The zero-order chi connectivity index (χ0) is 13.6. The van der Waals surface area contributed by atoms with Crippen LogP contribution in [0.1, 0.15) is 23.3 Å². The monoisotopic (exact) mass is 325 g/mol. The largest absolute Gasteiger partial charge is 0.345 e. The predicted octanol–water partition coefficient (Wildman–Crippen LogP) is 1.23. The Hall–Kier alpha value is -1.30. The van der Waals surface area contributed by atoms with Crippen LogP contribution >= 0.6 is 15.9 Å². The molecule has 3 heterocycles. The molecular weight excluding hydrogens is 310 g/mol. The third kappa shape index (κ3) is 2.18. The summed E-state index contributed by atoms with van der Waals surface area (Å²) in [6.45, 7) is 1.96. The molecule has 0 spiro atoms. The van der Waals surface area contributed by atoms with Crippen LogP contribution in [0.4, 0.5) is 0 Å². The van der Waals surface area contributed by atoms with Crippen molar-refractivity contribution >= 4 is 27.7 Å². The molecule has 0 aliphatic carbocycles. The molecule has 5 nitrogen and oxygen atoms in total. The van der Waals surface area contributed by atoms with Crippen LogP contribution in [0, 0.1) is 0 Å². The van der Waals surface area contributed by atoms with Gasteiger partial charge < -0.3 is 14.4 Å². The molecule has 2 aliphatic rings. The van der Waals surface area contributed by atoms with Gasteiger partial charge in [0.15, 0.2) is 0 Å². The number of rotatable bonds is 1. The van der Waals surface area contributed by atoms with E-state index in [1.165, 1.54) is 0 Å². The van der Waals surface area contributed by atoms with E-state index in [1.54, 1.807) is 0 Å². The number of hydrogen-bond acceptors (Lipinski definition) is 2. The molecule has 6 heteroatoms. The highest BCUT2D eigenvalue weighted by Gasteiger charge is 2.37. The summed E-state index contributed by atoms with van der Waals surface area (Å²) in [6, 6.07) is 2.06. The van der Waals surface area contributed by atoms with Gasteiger partial charge in [0.25, 0.3) is 5.91 Å². The number of hydrogen-bond donors (Lipinski definition) is 0. The third-order valence-electron chi connectivity index (χ3n) is 3.97. The van der Waals surface area contributed by atoms with Gasteiger partial charge in [0.1, 0.15) is 5.69 Å². The van der Waals surface area contributed by atoms with Gasteiger partial charge in [0.2, 0.25) is 5.91 Å². The average molecular weight is 326 g/mol. The van der Waals surface area contributed by atoms with E-state index < -0.39 is 0 Å². The second-order valence-electron chi connectivity index (χ2n) is 5.19. The number of amides is 2. The number of aromatic nitrogens is 1. The van der Waals surface area contributed by atoms with Crippen LogP contribution in [-0.2, 0) is 11.8 Å². The maximum Gasteiger partial charge on any atom is 0.270 e. The van der Waals surface area contributed by atoms with Gasteiger partial charge in [-0.05, 0) is 28.4 Å².